The number of nitrogens with zero attached hydrogens (tertiary/aromatic N) is 2. The monoisotopic (exact) mass is 270 g/mol. The first-order valence-corrected chi connectivity index (χ1v) is 7.43. The minimum absolute atomic E-state index is 0.175. The summed E-state index contributed by atoms with van der Waals surface area (Å²) < 4.78 is 2.22. The Labute approximate surface area is 120 Å². The van der Waals surface area contributed by atoms with Crippen molar-refractivity contribution in [2.24, 2.45) is 0 Å². The molecule has 0 atom stereocenters. The van der Waals surface area contributed by atoms with E-state index in [0.717, 1.165) is 31.6 Å². The summed E-state index contributed by atoms with van der Waals surface area (Å²) in [5.74, 6) is 0.175. The van der Waals surface area contributed by atoms with Crippen LogP contribution in [0.1, 0.15) is 40.5 Å². The molecule has 3 heteroatoms. The zero-order valence-corrected chi connectivity index (χ0v) is 12.8. The second-order valence-electron chi connectivity index (χ2n) is 5.82. The molecule has 0 radical (unpaired) electrons. The lowest BCUT2D eigenvalue weighted by atomic mass is 10.0. The van der Waals surface area contributed by atoms with Crippen LogP contribution < -0.4 is 0 Å². The second kappa shape index (κ2) is 4.65. The highest BCUT2D eigenvalue weighted by Crippen LogP contribution is 2.34. The van der Waals surface area contributed by atoms with E-state index in [1.807, 2.05) is 11.9 Å². The molecule has 1 aliphatic heterocycles. The quantitative estimate of drug-likeness (QED) is 0.780. The predicted molar refractivity (Wildman–Crippen MR) is 82.4 cm³/mol. The molecule has 0 N–H and O–H groups in total. The van der Waals surface area contributed by atoms with E-state index in [-0.39, 0.29) is 5.91 Å². The normalized spacial score (nSPS) is 15.6. The third kappa shape index (κ3) is 1.69. The minimum Gasteiger partial charge on any atom is -0.340 e. The molecule has 3 nitrogen and oxygen atoms in total. The van der Waals surface area contributed by atoms with Gasteiger partial charge in [-0.25, -0.2) is 0 Å². The van der Waals surface area contributed by atoms with Gasteiger partial charge in [0, 0.05) is 25.5 Å². The topological polar surface area (TPSA) is 25.2 Å². The third-order valence-electron chi connectivity index (χ3n) is 4.50. The van der Waals surface area contributed by atoms with Gasteiger partial charge in [0.1, 0.15) is 5.69 Å². The van der Waals surface area contributed by atoms with E-state index in [4.69, 9.17) is 0 Å². The summed E-state index contributed by atoms with van der Waals surface area (Å²) in [5, 5.41) is 1.31. The highest BCUT2D eigenvalue weighted by Gasteiger charge is 2.28. The molecule has 1 aromatic heterocycles. The fourth-order valence-corrected chi connectivity index (χ4v) is 3.50. The molecule has 0 fully saturated rings. The van der Waals surface area contributed by atoms with Gasteiger partial charge in [-0.15, -0.1) is 0 Å². The molecule has 0 saturated carbocycles. The molecule has 0 saturated heterocycles. The molecule has 2 aromatic rings. The highest BCUT2D eigenvalue weighted by molar-refractivity contribution is 6.03. The maximum absolute atomic E-state index is 12.7. The molecule has 0 bridgehead atoms. The summed E-state index contributed by atoms with van der Waals surface area (Å²) in [4.78, 5) is 14.6. The van der Waals surface area contributed by atoms with Crippen LogP contribution in [0.15, 0.2) is 12.1 Å². The Kier molecular flexibility index (Phi) is 3.08. The smallest absolute Gasteiger partial charge is 0.270 e. The van der Waals surface area contributed by atoms with Crippen LogP contribution in [0.25, 0.3) is 10.9 Å². The summed E-state index contributed by atoms with van der Waals surface area (Å²) in [7, 11) is 1.91. The number of hydrogen-bond acceptors (Lipinski definition) is 1. The molecule has 20 heavy (non-hydrogen) atoms. The number of carbonyl (C=O) groups is 1. The van der Waals surface area contributed by atoms with Gasteiger partial charge in [0.05, 0.1) is 5.52 Å². The number of rotatable bonds is 1. The van der Waals surface area contributed by atoms with Crippen LogP contribution in [0.4, 0.5) is 0 Å². The third-order valence-corrected chi connectivity index (χ3v) is 4.50. The summed E-state index contributed by atoms with van der Waals surface area (Å²) in [6.45, 7) is 8.11. The fraction of sp³-hybridized carbons (Fsp3) is 0.471. The summed E-state index contributed by atoms with van der Waals surface area (Å²) in [6, 6.07) is 4.34. The van der Waals surface area contributed by atoms with Crippen LogP contribution in [-0.4, -0.2) is 29.0 Å². The maximum atomic E-state index is 12.7. The summed E-state index contributed by atoms with van der Waals surface area (Å²) in [5.41, 5.74) is 5.97. The van der Waals surface area contributed by atoms with Crippen molar-refractivity contribution in [3.8, 4) is 0 Å². The van der Waals surface area contributed by atoms with Gasteiger partial charge in [0.15, 0.2) is 0 Å². The molecule has 106 valence electrons. The Balaban J connectivity index is 2.46. The van der Waals surface area contributed by atoms with Crippen LogP contribution in [0.2, 0.25) is 0 Å². The molecule has 3 rings (SSSR count). The van der Waals surface area contributed by atoms with Crippen molar-refractivity contribution in [3.63, 3.8) is 0 Å². The van der Waals surface area contributed by atoms with Crippen LogP contribution in [0, 0.1) is 13.8 Å². The lowest BCUT2D eigenvalue weighted by Crippen LogP contribution is -2.28. The average molecular weight is 270 g/mol. The van der Waals surface area contributed by atoms with Crippen LogP contribution in [0.3, 0.4) is 0 Å². The van der Waals surface area contributed by atoms with Crippen LogP contribution in [-0.2, 0) is 13.0 Å². The van der Waals surface area contributed by atoms with Gasteiger partial charge in [0.25, 0.3) is 5.91 Å². The van der Waals surface area contributed by atoms with Gasteiger partial charge < -0.3 is 9.47 Å². The first-order chi connectivity index (χ1) is 9.56. The van der Waals surface area contributed by atoms with E-state index in [2.05, 4.69) is 37.5 Å². The first kappa shape index (κ1) is 13.2. The van der Waals surface area contributed by atoms with Crippen LogP contribution >= 0.6 is 0 Å². The van der Waals surface area contributed by atoms with E-state index in [1.165, 1.54) is 27.6 Å². The van der Waals surface area contributed by atoms with E-state index < -0.39 is 0 Å². The Bertz CT molecular complexity index is 697. The number of fused-ring (bicyclic) bond motifs is 3. The molecule has 1 amide bonds. The lowest BCUT2D eigenvalue weighted by molar-refractivity contribution is 0.0790. The molecular formula is C17H22N2O. The molecule has 1 aliphatic rings. The zero-order valence-electron chi connectivity index (χ0n) is 12.8. The largest absolute Gasteiger partial charge is 0.340 e. The first-order valence-electron chi connectivity index (χ1n) is 7.43. The molecule has 1 aromatic carbocycles. The summed E-state index contributed by atoms with van der Waals surface area (Å²) in [6.07, 6.45) is 2.05. The van der Waals surface area contributed by atoms with Gasteiger partial charge in [0.2, 0.25) is 0 Å². The minimum atomic E-state index is 0.175. The standard InChI is InChI=1S/C17H22N2O/c1-5-19-15-12(3)9-8-11(2)14(15)13-7-6-10-18(4)17(20)16(13)19/h8-9H,5-7,10H2,1-4H3. The number of aryl methyl sites for hydroxylation is 4. The average Bonchev–Trinajstić information content (AvgIpc) is 2.70. The van der Waals surface area contributed by atoms with Gasteiger partial charge in [-0.05, 0) is 50.3 Å². The van der Waals surface area contributed by atoms with E-state index in [9.17, 15) is 4.79 Å². The van der Waals surface area contributed by atoms with E-state index >= 15 is 0 Å². The zero-order chi connectivity index (χ0) is 14.4. The Morgan fingerprint density at radius 1 is 1.20 bits per heavy atom. The second-order valence-corrected chi connectivity index (χ2v) is 5.82. The summed E-state index contributed by atoms with van der Waals surface area (Å²) >= 11 is 0. The number of hydrogen-bond donors (Lipinski definition) is 0. The maximum Gasteiger partial charge on any atom is 0.270 e. The predicted octanol–water partition coefficient (Wildman–Crippen LogP) is 3.30. The van der Waals surface area contributed by atoms with Crippen molar-refractivity contribution in [1.82, 2.24) is 9.47 Å². The van der Waals surface area contributed by atoms with E-state index in [1.54, 1.807) is 0 Å². The Morgan fingerprint density at radius 2 is 1.90 bits per heavy atom. The van der Waals surface area contributed by atoms with Crippen LogP contribution in [0.5, 0.6) is 0 Å². The molecule has 2 heterocycles. The number of carbonyl (C=O) groups excluding carboxylic acids is 1. The lowest BCUT2D eigenvalue weighted by Gasteiger charge is -2.16. The van der Waals surface area contributed by atoms with Crippen molar-refractivity contribution in [2.45, 2.75) is 40.2 Å². The molecule has 0 aliphatic carbocycles. The van der Waals surface area contributed by atoms with Gasteiger partial charge in [-0.1, -0.05) is 12.1 Å². The molecule has 0 unspecified atom stereocenters. The van der Waals surface area contributed by atoms with Crippen molar-refractivity contribution in [1.29, 1.82) is 0 Å². The van der Waals surface area contributed by atoms with Gasteiger partial charge in [-0.3, -0.25) is 4.79 Å². The SMILES string of the molecule is CCn1c2c(c3c(C)ccc(C)c31)CCCN(C)C2=O. The van der Waals surface area contributed by atoms with Gasteiger partial charge in [-0.2, -0.15) is 0 Å². The van der Waals surface area contributed by atoms with Crippen molar-refractivity contribution >= 4 is 16.8 Å². The number of benzene rings is 1. The molecule has 0 spiro atoms. The fourth-order valence-electron chi connectivity index (χ4n) is 3.50. The Morgan fingerprint density at radius 3 is 2.60 bits per heavy atom. The van der Waals surface area contributed by atoms with Crippen molar-refractivity contribution < 1.29 is 4.79 Å². The van der Waals surface area contributed by atoms with Crippen molar-refractivity contribution in [2.75, 3.05) is 13.6 Å². The van der Waals surface area contributed by atoms with Gasteiger partial charge >= 0.3 is 0 Å². The Hall–Kier alpha value is -1.77. The van der Waals surface area contributed by atoms with Crippen molar-refractivity contribution in [3.05, 3.63) is 34.5 Å². The number of aromatic nitrogens is 1. The van der Waals surface area contributed by atoms with E-state index in [0.29, 0.717) is 0 Å². The molecular weight excluding hydrogens is 248 g/mol. The highest BCUT2D eigenvalue weighted by atomic mass is 16.2. The number of amides is 1.